The molecule has 1 fully saturated rings. The Morgan fingerprint density at radius 3 is 2.53 bits per heavy atom. The summed E-state index contributed by atoms with van der Waals surface area (Å²) in [7, 11) is 0. The van der Waals surface area contributed by atoms with Crippen LogP contribution in [0.3, 0.4) is 0 Å². The van der Waals surface area contributed by atoms with Gasteiger partial charge in [-0.3, -0.25) is 0 Å². The van der Waals surface area contributed by atoms with Gasteiger partial charge in [0.05, 0.1) is 6.61 Å². The maximum absolute atomic E-state index is 12.0. The van der Waals surface area contributed by atoms with Crippen LogP contribution in [0.4, 0.5) is 13.2 Å². The van der Waals surface area contributed by atoms with Crippen LogP contribution in [0.25, 0.3) is 0 Å². The summed E-state index contributed by atoms with van der Waals surface area (Å²) in [5, 5.41) is 0. The van der Waals surface area contributed by atoms with Crippen molar-refractivity contribution < 1.29 is 27.4 Å². The highest BCUT2D eigenvalue weighted by Crippen LogP contribution is 2.26. The van der Waals surface area contributed by atoms with Crippen molar-refractivity contribution in [2.75, 3.05) is 6.61 Å². The smallest absolute Gasteiger partial charge is 0.422 e. The van der Waals surface area contributed by atoms with Crippen molar-refractivity contribution >= 4 is 5.97 Å². The van der Waals surface area contributed by atoms with Crippen LogP contribution in [0.15, 0.2) is 12.2 Å². The normalized spacial score (nSPS) is 22.2. The minimum atomic E-state index is -4.74. The van der Waals surface area contributed by atoms with Gasteiger partial charge in [-0.15, -0.1) is 0 Å². The highest BCUT2D eigenvalue weighted by atomic mass is 19.4. The Bertz CT molecular complexity index is 254. The van der Waals surface area contributed by atoms with Crippen molar-refractivity contribution in [1.29, 1.82) is 0 Å². The quantitative estimate of drug-likeness (QED) is 0.532. The molecule has 0 aromatic carbocycles. The number of hydrogen-bond donors (Lipinski definition) is 0. The molecule has 1 heterocycles. The van der Waals surface area contributed by atoms with Gasteiger partial charge in [-0.25, -0.2) is 4.79 Å². The van der Waals surface area contributed by atoms with Crippen molar-refractivity contribution in [2.24, 2.45) is 0 Å². The second-order valence-electron chi connectivity index (χ2n) is 3.18. The first-order valence-corrected chi connectivity index (χ1v) is 4.50. The highest BCUT2D eigenvalue weighted by Gasteiger charge is 2.39. The fourth-order valence-electron chi connectivity index (χ4n) is 1.11. The van der Waals surface area contributed by atoms with Crippen LogP contribution in [0.5, 0.6) is 0 Å². The summed E-state index contributed by atoms with van der Waals surface area (Å²) >= 11 is 0. The van der Waals surface area contributed by atoms with Crippen LogP contribution in [-0.2, 0) is 14.3 Å². The summed E-state index contributed by atoms with van der Waals surface area (Å²) in [6.07, 6.45) is -3.58. The van der Waals surface area contributed by atoms with Gasteiger partial charge in [0, 0.05) is 6.42 Å². The molecular formula is C9H11F3O3. The molecule has 86 valence electrons. The predicted octanol–water partition coefficient (Wildman–Crippen LogP) is 2.17. The molecule has 1 saturated heterocycles. The molecule has 0 spiro atoms. The zero-order valence-electron chi connectivity index (χ0n) is 7.97. The summed E-state index contributed by atoms with van der Waals surface area (Å²) in [5.74, 6) is -1.46. The van der Waals surface area contributed by atoms with Gasteiger partial charge in [0.15, 0.2) is 0 Å². The van der Waals surface area contributed by atoms with E-state index in [0.717, 1.165) is 12.8 Å². The maximum Gasteiger partial charge on any atom is 0.422 e. The third-order valence-corrected chi connectivity index (χ3v) is 1.96. The molecule has 0 amide bonds. The number of carbonyl (C=O) groups excluding carboxylic acids is 1. The minimum Gasteiger partial charge on any atom is -0.432 e. The van der Waals surface area contributed by atoms with Crippen LogP contribution >= 0.6 is 0 Å². The summed E-state index contributed by atoms with van der Waals surface area (Å²) < 4.78 is 45.5. The van der Waals surface area contributed by atoms with E-state index in [1.807, 2.05) is 0 Å². The van der Waals surface area contributed by atoms with Gasteiger partial charge >= 0.3 is 12.1 Å². The van der Waals surface area contributed by atoms with Gasteiger partial charge in [-0.05, 0) is 12.8 Å². The van der Waals surface area contributed by atoms with E-state index >= 15 is 0 Å². The predicted molar refractivity (Wildman–Crippen MR) is 44.9 cm³/mol. The Kier molecular flexibility index (Phi) is 3.73. The lowest BCUT2D eigenvalue weighted by molar-refractivity contribution is -0.189. The molecule has 0 saturated carbocycles. The number of ether oxygens (including phenoxy) is 2. The molecule has 0 N–H and O–H groups in total. The first-order valence-electron chi connectivity index (χ1n) is 4.50. The van der Waals surface area contributed by atoms with E-state index in [4.69, 9.17) is 4.74 Å². The fourth-order valence-corrected chi connectivity index (χ4v) is 1.11. The zero-order chi connectivity index (χ0) is 11.5. The second-order valence-corrected chi connectivity index (χ2v) is 3.18. The Morgan fingerprint density at radius 2 is 2.07 bits per heavy atom. The van der Waals surface area contributed by atoms with E-state index in [2.05, 4.69) is 11.3 Å². The number of rotatable bonds is 2. The molecule has 1 rings (SSSR count). The minimum absolute atomic E-state index is 0.399. The van der Waals surface area contributed by atoms with Crippen molar-refractivity contribution in [3.63, 3.8) is 0 Å². The average Bonchev–Trinajstić information content (AvgIpc) is 2.16. The zero-order valence-corrected chi connectivity index (χ0v) is 7.97. The number of carbonyl (C=O) groups is 1. The monoisotopic (exact) mass is 224 g/mol. The van der Waals surface area contributed by atoms with Crippen LogP contribution in [0.1, 0.15) is 19.3 Å². The molecule has 1 atom stereocenters. The lowest BCUT2D eigenvalue weighted by atomic mass is 10.2. The summed E-state index contributed by atoms with van der Waals surface area (Å²) in [6, 6.07) is 0. The Morgan fingerprint density at radius 1 is 1.40 bits per heavy atom. The molecule has 0 aliphatic carbocycles. The Balaban J connectivity index is 2.44. The van der Waals surface area contributed by atoms with Crippen molar-refractivity contribution in [3.8, 4) is 0 Å². The van der Waals surface area contributed by atoms with E-state index < -0.39 is 24.0 Å². The van der Waals surface area contributed by atoms with Gasteiger partial charge < -0.3 is 9.47 Å². The van der Waals surface area contributed by atoms with Gasteiger partial charge in [0.2, 0.25) is 6.29 Å². The molecule has 6 heteroatoms. The fraction of sp³-hybridized carbons (Fsp3) is 0.667. The van der Waals surface area contributed by atoms with E-state index in [1.165, 1.54) is 0 Å². The standard InChI is InChI=1S/C9H11F3O3/c1-6(9(10,11)12)8(13)15-7-4-2-3-5-14-7/h7H,1-5H2. The first-order chi connectivity index (χ1) is 6.91. The molecule has 3 nitrogen and oxygen atoms in total. The third kappa shape index (κ3) is 3.54. The van der Waals surface area contributed by atoms with Crippen LogP contribution < -0.4 is 0 Å². The third-order valence-electron chi connectivity index (χ3n) is 1.96. The number of esters is 1. The van der Waals surface area contributed by atoms with Crippen LogP contribution in [0.2, 0.25) is 0 Å². The van der Waals surface area contributed by atoms with Crippen LogP contribution in [-0.4, -0.2) is 25.0 Å². The second kappa shape index (κ2) is 4.65. The maximum atomic E-state index is 12.0. The Hall–Kier alpha value is -1.04. The first kappa shape index (κ1) is 12.0. The van der Waals surface area contributed by atoms with Crippen molar-refractivity contribution in [3.05, 3.63) is 12.2 Å². The largest absolute Gasteiger partial charge is 0.432 e. The summed E-state index contributed by atoms with van der Waals surface area (Å²) in [6.45, 7) is 3.04. The van der Waals surface area contributed by atoms with Crippen molar-refractivity contribution in [2.45, 2.75) is 31.7 Å². The molecule has 0 aromatic rings. The van der Waals surface area contributed by atoms with Gasteiger partial charge in [0.1, 0.15) is 5.57 Å². The molecule has 0 bridgehead atoms. The van der Waals surface area contributed by atoms with Crippen molar-refractivity contribution in [1.82, 2.24) is 0 Å². The number of alkyl halides is 3. The van der Waals surface area contributed by atoms with E-state index in [1.54, 1.807) is 0 Å². The molecule has 1 aliphatic heterocycles. The lowest BCUT2D eigenvalue weighted by Gasteiger charge is -2.22. The van der Waals surface area contributed by atoms with Gasteiger partial charge in [0.25, 0.3) is 0 Å². The Labute approximate surface area is 84.8 Å². The number of hydrogen-bond acceptors (Lipinski definition) is 3. The summed E-state index contributed by atoms with van der Waals surface area (Å²) in [5.41, 5.74) is -1.50. The SMILES string of the molecule is C=C(C(=O)OC1CCCCO1)C(F)(F)F. The average molecular weight is 224 g/mol. The summed E-state index contributed by atoms with van der Waals surface area (Å²) in [4.78, 5) is 10.9. The molecular weight excluding hydrogens is 213 g/mol. The molecule has 0 aromatic heterocycles. The lowest BCUT2D eigenvalue weighted by Crippen LogP contribution is -2.29. The van der Waals surface area contributed by atoms with Gasteiger partial charge in [-0.1, -0.05) is 6.58 Å². The molecule has 1 unspecified atom stereocenters. The molecule has 0 radical (unpaired) electrons. The van der Waals surface area contributed by atoms with E-state index in [0.29, 0.717) is 13.0 Å². The highest BCUT2D eigenvalue weighted by molar-refractivity contribution is 5.89. The molecule has 1 aliphatic rings. The van der Waals surface area contributed by atoms with Crippen LogP contribution in [0, 0.1) is 0 Å². The van der Waals surface area contributed by atoms with E-state index in [-0.39, 0.29) is 0 Å². The molecule has 15 heavy (non-hydrogen) atoms. The number of halogens is 3. The van der Waals surface area contributed by atoms with E-state index in [9.17, 15) is 18.0 Å². The van der Waals surface area contributed by atoms with Gasteiger partial charge in [-0.2, -0.15) is 13.2 Å². The topological polar surface area (TPSA) is 35.5 Å².